The standard InChI is InChI=1S/C7H3F3O/c8-5-1-4(3-11)7(10)6(9)2-5/h1-3H. The van der Waals surface area contributed by atoms with Gasteiger partial charge < -0.3 is 0 Å². The molecule has 0 aromatic heterocycles. The highest BCUT2D eigenvalue weighted by Gasteiger charge is 2.09. The summed E-state index contributed by atoms with van der Waals surface area (Å²) in [6, 6.07) is 1.01. The quantitative estimate of drug-likeness (QED) is 0.453. The Balaban J connectivity index is 3.35. The van der Waals surface area contributed by atoms with Crippen LogP contribution in [0.1, 0.15) is 10.4 Å². The van der Waals surface area contributed by atoms with Gasteiger partial charge in [0.05, 0.1) is 5.56 Å². The topological polar surface area (TPSA) is 17.1 Å². The van der Waals surface area contributed by atoms with Crippen molar-refractivity contribution in [2.45, 2.75) is 0 Å². The third-order valence-electron chi connectivity index (χ3n) is 1.15. The Bertz CT molecular complexity index is 296. The van der Waals surface area contributed by atoms with E-state index in [1.807, 2.05) is 0 Å². The first-order chi connectivity index (χ1) is 5.15. The predicted octanol–water partition coefficient (Wildman–Crippen LogP) is 1.92. The molecule has 0 aliphatic heterocycles. The summed E-state index contributed by atoms with van der Waals surface area (Å²) in [6.07, 6.45) is 0.0570. The fourth-order valence-corrected chi connectivity index (χ4v) is 0.662. The molecule has 0 aliphatic carbocycles. The lowest BCUT2D eigenvalue weighted by atomic mass is 10.2. The van der Waals surface area contributed by atoms with Crippen LogP contribution in [0.15, 0.2) is 12.1 Å². The number of aldehydes is 1. The van der Waals surface area contributed by atoms with Crippen LogP contribution >= 0.6 is 0 Å². The lowest BCUT2D eigenvalue weighted by Crippen LogP contribution is -1.93. The maximum Gasteiger partial charge on any atom is 0.169 e. The number of halogens is 3. The van der Waals surface area contributed by atoms with Crippen molar-refractivity contribution >= 4 is 6.29 Å². The Kier molecular flexibility index (Phi) is 1.94. The summed E-state index contributed by atoms with van der Waals surface area (Å²) in [5.41, 5.74) is -0.609. The number of benzene rings is 1. The minimum Gasteiger partial charge on any atom is -0.298 e. The maximum atomic E-state index is 12.4. The van der Waals surface area contributed by atoms with Crippen molar-refractivity contribution in [1.82, 2.24) is 0 Å². The van der Waals surface area contributed by atoms with E-state index in [2.05, 4.69) is 0 Å². The molecule has 0 radical (unpaired) electrons. The van der Waals surface area contributed by atoms with Gasteiger partial charge in [-0.15, -0.1) is 0 Å². The van der Waals surface area contributed by atoms with Crippen molar-refractivity contribution in [3.63, 3.8) is 0 Å². The van der Waals surface area contributed by atoms with Gasteiger partial charge in [0.1, 0.15) is 5.82 Å². The van der Waals surface area contributed by atoms with E-state index < -0.39 is 23.0 Å². The van der Waals surface area contributed by atoms with Crippen LogP contribution in [0.25, 0.3) is 0 Å². The number of hydrogen-bond donors (Lipinski definition) is 0. The van der Waals surface area contributed by atoms with Crippen LogP contribution in [0.4, 0.5) is 13.2 Å². The molecule has 1 nitrogen and oxygen atoms in total. The molecule has 0 saturated carbocycles. The minimum absolute atomic E-state index is 0.0570. The molecule has 0 spiro atoms. The number of carbonyl (C=O) groups is 1. The molecule has 0 fully saturated rings. The summed E-state index contributed by atoms with van der Waals surface area (Å²) in [5.74, 6) is -3.64. The average molecular weight is 160 g/mol. The fraction of sp³-hybridized carbons (Fsp3) is 0. The Morgan fingerprint density at radius 1 is 1.18 bits per heavy atom. The highest BCUT2D eigenvalue weighted by atomic mass is 19.2. The molecule has 4 heteroatoms. The van der Waals surface area contributed by atoms with Gasteiger partial charge in [0.25, 0.3) is 0 Å². The maximum absolute atomic E-state index is 12.4. The Labute approximate surface area is 60.5 Å². The van der Waals surface area contributed by atoms with Gasteiger partial charge in [-0.1, -0.05) is 0 Å². The summed E-state index contributed by atoms with van der Waals surface area (Å²) >= 11 is 0. The van der Waals surface area contributed by atoms with E-state index >= 15 is 0 Å². The van der Waals surface area contributed by atoms with Gasteiger partial charge in [-0.3, -0.25) is 4.79 Å². The lowest BCUT2D eigenvalue weighted by molar-refractivity contribution is 0.111. The van der Waals surface area contributed by atoms with Gasteiger partial charge in [0, 0.05) is 6.07 Å². The van der Waals surface area contributed by atoms with Gasteiger partial charge in [0.2, 0.25) is 0 Å². The van der Waals surface area contributed by atoms with Crippen LogP contribution in [0.2, 0.25) is 0 Å². The van der Waals surface area contributed by atoms with E-state index in [0.29, 0.717) is 12.1 Å². The summed E-state index contributed by atoms with van der Waals surface area (Å²) in [5, 5.41) is 0. The molecule has 1 aromatic carbocycles. The van der Waals surface area contributed by atoms with Gasteiger partial charge in [-0.25, -0.2) is 13.2 Å². The van der Waals surface area contributed by atoms with Crippen molar-refractivity contribution in [1.29, 1.82) is 0 Å². The Hall–Kier alpha value is -1.32. The smallest absolute Gasteiger partial charge is 0.169 e. The molecule has 0 atom stereocenters. The molecule has 11 heavy (non-hydrogen) atoms. The number of rotatable bonds is 1. The monoisotopic (exact) mass is 160 g/mol. The van der Waals surface area contributed by atoms with Crippen LogP contribution < -0.4 is 0 Å². The van der Waals surface area contributed by atoms with Crippen LogP contribution in [-0.2, 0) is 0 Å². The molecule has 1 rings (SSSR count). The first kappa shape index (κ1) is 7.78. The molecule has 0 unspecified atom stereocenters. The van der Waals surface area contributed by atoms with Crippen LogP contribution in [0.5, 0.6) is 0 Å². The predicted molar refractivity (Wildman–Crippen MR) is 31.7 cm³/mol. The molecule has 0 aliphatic rings. The first-order valence-electron chi connectivity index (χ1n) is 2.75. The summed E-state index contributed by atoms with van der Waals surface area (Å²) in [7, 11) is 0. The van der Waals surface area contributed by atoms with Crippen molar-refractivity contribution < 1.29 is 18.0 Å². The second kappa shape index (κ2) is 2.74. The Morgan fingerprint density at radius 2 is 1.82 bits per heavy atom. The van der Waals surface area contributed by atoms with E-state index in [1.165, 1.54) is 0 Å². The van der Waals surface area contributed by atoms with Crippen molar-refractivity contribution in [2.75, 3.05) is 0 Å². The summed E-state index contributed by atoms with van der Waals surface area (Å²) < 4.78 is 36.9. The molecular weight excluding hydrogens is 157 g/mol. The zero-order valence-corrected chi connectivity index (χ0v) is 5.27. The number of hydrogen-bond acceptors (Lipinski definition) is 1. The fourth-order valence-electron chi connectivity index (χ4n) is 0.662. The molecule has 1 aromatic rings. The largest absolute Gasteiger partial charge is 0.298 e. The van der Waals surface area contributed by atoms with Crippen molar-refractivity contribution in [3.8, 4) is 0 Å². The molecular formula is C7H3F3O. The first-order valence-corrected chi connectivity index (χ1v) is 2.75. The van der Waals surface area contributed by atoms with E-state index in [9.17, 15) is 18.0 Å². The van der Waals surface area contributed by atoms with Crippen LogP contribution in [0, 0.1) is 17.5 Å². The van der Waals surface area contributed by atoms with Crippen molar-refractivity contribution in [2.24, 2.45) is 0 Å². The van der Waals surface area contributed by atoms with E-state index in [1.54, 1.807) is 0 Å². The molecule has 0 bridgehead atoms. The minimum atomic E-state index is -1.35. The van der Waals surface area contributed by atoms with Crippen LogP contribution in [-0.4, -0.2) is 6.29 Å². The van der Waals surface area contributed by atoms with Gasteiger partial charge in [-0.05, 0) is 6.07 Å². The molecule has 58 valence electrons. The zero-order valence-electron chi connectivity index (χ0n) is 5.27. The SMILES string of the molecule is O=Cc1cc(F)cc(F)c1F. The summed E-state index contributed by atoms with van der Waals surface area (Å²) in [6.45, 7) is 0. The highest BCUT2D eigenvalue weighted by Crippen LogP contribution is 2.11. The van der Waals surface area contributed by atoms with E-state index in [-0.39, 0.29) is 6.29 Å². The number of carbonyl (C=O) groups excluding carboxylic acids is 1. The lowest BCUT2D eigenvalue weighted by Gasteiger charge is -1.95. The van der Waals surface area contributed by atoms with Crippen molar-refractivity contribution in [3.05, 3.63) is 35.1 Å². The second-order valence-corrected chi connectivity index (χ2v) is 1.91. The zero-order chi connectivity index (χ0) is 8.43. The Morgan fingerprint density at radius 3 is 2.36 bits per heavy atom. The molecule has 0 heterocycles. The van der Waals surface area contributed by atoms with E-state index in [0.717, 1.165) is 0 Å². The molecule has 0 saturated heterocycles. The third-order valence-corrected chi connectivity index (χ3v) is 1.15. The highest BCUT2D eigenvalue weighted by molar-refractivity contribution is 5.75. The molecule has 0 amide bonds. The molecule has 0 N–H and O–H groups in total. The average Bonchev–Trinajstić information content (AvgIpc) is 1.96. The van der Waals surface area contributed by atoms with Gasteiger partial charge in [-0.2, -0.15) is 0 Å². The summed E-state index contributed by atoms with van der Waals surface area (Å²) in [4.78, 5) is 9.96. The second-order valence-electron chi connectivity index (χ2n) is 1.91. The van der Waals surface area contributed by atoms with Gasteiger partial charge >= 0.3 is 0 Å². The third kappa shape index (κ3) is 1.39. The van der Waals surface area contributed by atoms with E-state index in [4.69, 9.17) is 0 Å². The van der Waals surface area contributed by atoms with Gasteiger partial charge in [0.15, 0.2) is 17.9 Å². The van der Waals surface area contributed by atoms with Crippen LogP contribution in [0.3, 0.4) is 0 Å². The normalized spacial score (nSPS) is 9.73.